The first kappa shape index (κ1) is 9.96. The Morgan fingerprint density at radius 1 is 1.85 bits per heavy atom. The number of amides is 1. The maximum atomic E-state index is 11.3. The molecule has 0 aliphatic carbocycles. The molecule has 72 valence electrons. The summed E-state index contributed by atoms with van der Waals surface area (Å²) in [6.07, 6.45) is 0.750. The summed E-state index contributed by atoms with van der Waals surface area (Å²) in [4.78, 5) is 11.3. The van der Waals surface area contributed by atoms with Gasteiger partial charge in [-0.1, -0.05) is 0 Å². The highest BCUT2D eigenvalue weighted by Gasteiger charge is 2.34. The predicted octanol–water partition coefficient (Wildman–Crippen LogP) is -1.44. The van der Waals surface area contributed by atoms with Crippen LogP contribution in [0.15, 0.2) is 0 Å². The average molecular weight is 182 g/mol. The molecule has 0 bridgehead atoms. The fraction of sp³-hybridized carbons (Fsp3) is 0.750. The van der Waals surface area contributed by atoms with E-state index in [1.165, 1.54) is 0 Å². The van der Waals surface area contributed by atoms with Crippen molar-refractivity contribution in [1.82, 2.24) is 10.6 Å². The Hall–Kier alpha value is -1.12. The molecule has 0 aromatic heterocycles. The quantitative estimate of drug-likeness (QED) is 0.498. The number of hydrogen-bond acceptors (Lipinski definition) is 4. The van der Waals surface area contributed by atoms with E-state index < -0.39 is 6.04 Å². The van der Waals surface area contributed by atoms with Crippen LogP contribution in [-0.4, -0.2) is 31.6 Å². The number of nitrogens with two attached hydrogens (primary N) is 1. The molecule has 0 spiro atoms. The van der Waals surface area contributed by atoms with Crippen molar-refractivity contribution < 1.29 is 4.79 Å². The number of rotatable bonds is 3. The molecule has 5 heteroatoms. The minimum atomic E-state index is -0.626. The molecule has 4 N–H and O–H groups in total. The van der Waals surface area contributed by atoms with Crippen molar-refractivity contribution in [2.45, 2.75) is 18.5 Å². The summed E-state index contributed by atoms with van der Waals surface area (Å²) < 4.78 is 0. The SMILES string of the molecule is CNC(C(N)C#N)[C@@H]1CCNC1=O. The molecular weight excluding hydrogens is 168 g/mol. The van der Waals surface area contributed by atoms with E-state index >= 15 is 0 Å². The minimum absolute atomic E-state index is 0.00921. The van der Waals surface area contributed by atoms with E-state index in [-0.39, 0.29) is 17.9 Å². The number of carbonyl (C=O) groups excluding carboxylic acids is 1. The van der Waals surface area contributed by atoms with Gasteiger partial charge in [0.15, 0.2) is 0 Å². The molecule has 1 fully saturated rings. The van der Waals surface area contributed by atoms with Crippen LogP contribution >= 0.6 is 0 Å². The van der Waals surface area contributed by atoms with Crippen LogP contribution in [0.3, 0.4) is 0 Å². The van der Waals surface area contributed by atoms with Crippen molar-refractivity contribution in [2.75, 3.05) is 13.6 Å². The lowest BCUT2D eigenvalue weighted by atomic mass is 9.93. The van der Waals surface area contributed by atoms with Crippen LogP contribution in [0, 0.1) is 17.2 Å². The Morgan fingerprint density at radius 2 is 2.54 bits per heavy atom. The molecular formula is C8H14N4O. The Kier molecular flexibility index (Phi) is 3.23. The molecule has 1 rings (SSSR count). The van der Waals surface area contributed by atoms with Gasteiger partial charge < -0.3 is 16.4 Å². The summed E-state index contributed by atoms with van der Waals surface area (Å²) in [6.45, 7) is 0.680. The maximum absolute atomic E-state index is 11.3. The van der Waals surface area contributed by atoms with Gasteiger partial charge in [-0.2, -0.15) is 5.26 Å². The van der Waals surface area contributed by atoms with Gasteiger partial charge in [-0.25, -0.2) is 0 Å². The van der Waals surface area contributed by atoms with Crippen LogP contribution in [0.4, 0.5) is 0 Å². The molecule has 3 atom stereocenters. The molecule has 1 aliphatic heterocycles. The number of hydrogen-bond donors (Lipinski definition) is 3. The van der Waals surface area contributed by atoms with Crippen molar-refractivity contribution >= 4 is 5.91 Å². The van der Waals surface area contributed by atoms with Crippen molar-refractivity contribution in [3.63, 3.8) is 0 Å². The molecule has 13 heavy (non-hydrogen) atoms. The minimum Gasteiger partial charge on any atom is -0.356 e. The van der Waals surface area contributed by atoms with Gasteiger partial charge in [-0.15, -0.1) is 0 Å². The standard InChI is InChI=1S/C8H14N4O/c1-11-7(6(10)4-9)5-2-3-12-8(5)13/h5-7,11H,2-3,10H2,1H3,(H,12,13)/t5-,6?,7?/m0/s1. The smallest absolute Gasteiger partial charge is 0.224 e. The van der Waals surface area contributed by atoms with E-state index in [4.69, 9.17) is 11.0 Å². The number of carbonyl (C=O) groups is 1. The van der Waals surface area contributed by atoms with Crippen LogP contribution in [0.1, 0.15) is 6.42 Å². The summed E-state index contributed by atoms with van der Waals surface area (Å²) >= 11 is 0. The number of nitrogens with one attached hydrogen (secondary N) is 2. The van der Waals surface area contributed by atoms with Crippen LogP contribution in [0.5, 0.6) is 0 Å². The van der Waals surface area contributed by atoms with E-state index in [1.54, 1.807) is 7.05 Å². The van der Waals surface area contributed by atoms with Crippen molar-refractivity contribution in [3.8, 4) is 6.07 Å². The second-order valence-electron chi connectivity index (χ2n) is 3.16. The third kappa shape index (κ3) is 1.97. The first-order chi connectivity index (χ1) is 6.20. The highest BCUT2D eigenvalue weighted by molar-refractivity contribution is 5.81. The number of nitrogens with zero attached hydrogens (tertiary/aromatic N) is 1. The zero-order chi connectivity index (χ0) is 9.84. The largest absolute Gasteiger partial charge is 0.356 e. The van der Waals surface area contributed by atoms with E-state index in [1.807, 2.05) is 6.07 Å². The van der Waals surface area contributed by atoms with Crippen LogP contribution < -0.4 is 16.4 Å². The third-order valence-corrected chi connectivity index (χ3v) is 2.39. The predicted molar refractivity (Wildman–Crippen MR) is 47.6 cm³/mol. The molecule has 2 unspecified atom stereocenters. The Bertz CT molecular complexity index is 235. The van der Waals surface area contributed by atoms with Gasteiger partial charge in [-0.3, -0.25) is 4.79 Å². The summed E-state index contributed by atoms with van der Waals surface area (Å²) in [5.41, 5.74) is 5.57. The van der Waals surface area contributed by atoms with Gasteiger partial charge in [-0.05, 0) is 13.5 Å². The fourth-order valence-corrected chi connectivity index (χ4v) is 1.67. The maximum Gasteiger partial charge on any atom is 0.224 e. The molecule has 1 amide bonds. The number of likely N-dealkylation sites (N-methyl/N-ethyl adjacent to an activating group) is 1. The molecule has 0 radical (unpaired) electrons. The normalized spacial score (nSPS) is 26.2. The van der Waals surface area contributed by atoms with Gasteiger partial charge >= 0.3 is 0 Å². The molecule has 1 aliphatic rings. The average Bonchev–Trinajstić information content (AvgIpc) is 2.53. The van der Waals surface area contributed by atoms with Crippen LogP contribution in [0.2, 0.25) is 0 Å². The van der Waals surface area contributed by atoms with Gasteiger partial charge in [0.05, 0.1) is 12.0 Å². The zero-order valence-electron chi connectivity index (χ0n) is 7.58. The molecule has 5 nitrogen and oxygen atoms in total. The van der Waals surface area contributed by atoms with Gasteiger partial charge in [0.1, 0.15) is 6.04 Å². The lowest BCUT2D eigenvalue weighted by Gasteiger charge is -2.22. The van der Waals surface area contributed by atoms with Gasteiger partial charge in [0, 0.05) is 12.6 Å². The zero-order valence-corrected chi connectivity index (χ0v) is 7.58. The monoisotopic (exact) mass is 182 g/mol. The van der Waals surface area contributed by atoms with E-state index in [0.717, 1.165) is 6.42 Å². The Morgan fingerprint density at radius 3 is 2.92 bits per heavy atom. The highest BCUT2D eigenvalue weighted by atomic mass is 16.2. The molecule has 1 saturated heterocycles. The van der Waals surface area contributed by atoms with Crippen molar-refractivity contribution in [3.05, 3.63) is 0 Å². The Labute approximate surface area is 77.3 Å². The van der Waals surface area contributed by atoms with Crippen molar-refractivity contribution in [2.24, 2.45) is 11.7 Å². The summed E-state index contributed by atoms with van der Waals surface area (Å²) in [7, 11) is 1.72. The summed E-state index contributed by atoms with van der Waals surface area (Å²) in [5, 5.41) is 14.3. The van der Waals surface area contributed by atoms with E-state index in [2.05, 4.69) is 10.6 Å². The van der Waals surface area contributed by atoms with Crippen LogP contribution in [-0.2, 0) is 4.79 Å². The third-order valence-electron chi connectivity index (χ3n) is 2.39. The molecule has 0 aromatic rings. The van der Waals surface area contributed by atoms with Crippen molar-refractivity contribution in [1.29, 1.82) is 5.26 Å². The summed E-state index contributed by atoms with van der Waals surface area (Å²) in [6, 6.07) is 1.08. The van der Waals surface area contributed by atoms with E-state index in [0.29, 0.717) is 6.54 Å². The highest BCUT2D eigenvalue weighted by Crippen LogP contribution is 2.15. The first-order valence-corrected chi connectivity index (χ1v) is 4.31. The lowest BCUT2D eigenvalue weighted by Crippen LogP contribution is -2.49. The van der Waals surface area contributed by atoms with E-state index in [9.17, 15) is 4.79 Å². The lowest BCUT2D eigenvalue weighted by molar-refractivity contribution is -0.123. The first-order valence-electron chi connectivity index (χ1n) is 4.31. The molecule has 0 saturated carbocycles. The second-order valence-corrected chi connectivity index (χ2v) is 3.16. The second kappa shape index (κ2) is 4.21. The fourth-order valence-electron chi connectivity index (χ4n) is 1.67. The van der Waals surface area contributed by atoms with Gasteiger partial charge in [0.25, 0.3) is 0 Å². The molecule has 1 heterocycles. The van der Waals surface area contributed by atoms with Gasteiger partial charge in [0.2, 0.25) is 5.91 Å². The Balaban J connectivity index is 2.66. The van der Waals surface area contributed by atoms with Crippen LogP contribution in [0.25, 0.3) is 0 Å². The summed E-state index contributed by atoms with van der Waals surface area (Å²) in [5.74, 6) is -0.176. The topological polar surface area (TPSA) is 90.9 Å². The number of nitriles is 1. The molecule has 0 aromatic carbocycles.